The molecule has 0 saturated heterocycles. The number of benzene rings is 1. The van der Waals surface area contributed by atoms with Gasteiger partial charge in [0.15, 0.2) is 0 Å². The molecule has 112 valence electrons. The van der Waals surface area contributed by atoms with E-state index >= 15 is 0 Å². The van der Waals surface area contributed by atoms with Gasteiger partial charge >= 0.3 is 0 Å². The number of hydrogen-bond acceptors (Lipinski definition) is 4. The van der Waals surface area contributed by atoms with Gasteiger partial charge in [0.2, 0.25) is 0 Å². The van der Waals surface area contributed by atoms with Gasteiger partial charge in [0, 0.05) is 34.1 Å². The minimum absolute atomic E-state index is 0.345. The Kier molecular flexibility index (Phi) is 4.29. The number of anilines is 1. The summed E-state index contributed by atoms with van der Waals surface area (Å²) in [6, 6.07) is 7.64. The number of nitrogens with one attached hydrogen (secondary N) is 1. The number of hydrogen-bond donors (Lipinski definition) is 2. The highest BCUT2D eigenvalue weighted by Gasteiger charge is 2.44. The highest BCUT2D eigenvalue weighted by molar-refractivity contribution is 8.00. The summed E-state index contributed by atoms with van der Waals surface area (Å²) in [4.78, 5) is 4.33. The zero-order chi connectivity index (χ0) is 14.9. The monoisotopic (exact) mass is 322 g/mol. The number of nitrogens with zero attached hydrogens (tertiary/aromatic N) is 1. The zero-order valence-electron chi connectivity index (χ0n) is 12.0. The van der Waals surface area contributed by atoms with Crippen molar-refractivity contribution >= 4 is 40.0 Å². The number of rotatable bonds is 5. The van der Waals surface area contributed by atoms with Crippen LogP contribution in [0, 0.1) is 0 Å². The van der Waals surface area contributed by atoms with Gasteiger partial charge in [-0.3, -0.25) is 4.98 Å². The van der Waals surface area contributed by atoms with Crippen molar-refractivity contribution in [3.8, 4) is 0 Å². The summed E-state index contributed by atoms with van der Waals surface area (Å²) >= 11 is 7.85. The van der Waals surface area contributed by atoms with E-state index < -0.39 is 5.60 Å². The molecule has 0 bridgehead atoms. The molecule has 1 heterocycles. The summed E-state index contributed by atoms with van der Waals surface area (Å²) in [5.41, 5.74) is 1.27. The van der Waals surface area contributed by atoms with E-state index in [1.807, 2.05) is 36.0 Å². The molecule has 2 unspecified atom stereocenters. The van der Waals surface area contributed by atoms with Gasteiger partial charge in [-0.2, -0.15) is 11.8 Å². The van der Waals surface area contributed by atoms with Crippen molar-refractivity contribution in [3.63, 3.8) is 0 Å². The van der Waals surface area contributed by atoms with Gasteiger partial charge in [0.05, 0.1) is 11.1 Å². The fourth-order valence-electron chi connectivity index (χ4n) is 2.76. The Bertz CT molecular complexity index is 651. The third-order valence-corrected chi connectivity index (χ3v) is 5.74. The lowest BCUT2D eigenvalue weighted by molar-refractivity contribution is -0.0119. The summed E-state index contributed by atoms with van der Waals surface area (Å²) in [5, 5.41) is 16.1. The van der Waals surface area contributed by atoms with Gasteiger partial charge in [0.25, 0.3) is 0 Å². The van der Waals surface area contributed by atoms with Gasteiger partial charge < -0.3 is 10.4 Å². The Morgan fingerprint density at radius 3 is 3.05 bits per heavy atom. The average Bonchev–Trinajstić information content (AvgIpc) is 2.48. The fraction of sp³-hybridized carbons (Fsp3) is 0.438. The van der Waals surface area contributed by atoms with E-state index in [1.54, 1.807) is 6.20 Å². The van der Waals surface area contributed by atoms with Crippen molar-refractivity contribution in [1.29, 1.82) is 0 Å². The molecule has 3 nitrogen and oxygen atoms in total. The Morgan fingerprint density at radius 2 is 2.33 bits per heavy atom. The van der Waals surface area contributed by atoms with Crippen LogP contribution in [0.5, 0.6) is 0 Å². The third kappa shape index (κ3) is 2.98. The maximum absolute atomic E-state index is 10.7. The number of aromatic nitrogens is 1. The first-order valence-electron chi connectivity index (χ1n) is 7.24. The lowest BCUT2D eigenvalue weighted by Crippen LogP contribution is -2.54. The Morgan fingerprint density at radius 1 is 1.48 bits per heavy atom. The molecule has 21 heavy (non-hydrogen) atoms. The van der Waals surface area contributed by atoms with Crippen LogP contribution in [0.25, 0.3) is 10.9 Å². The summed E-state index contributed by atoms with van der Waals surface area (Å²) in [6.07, 6.45) is 3.74. The van der Waals surface area contributed by atoms with Crippen LogP contribution in [0.4, 0.5) is 5.69 Å². The quantitative estimate of drug-likeness (QED) is 0.875. The van der Waals surface area contributed by atoms with Crippen molar-refractivity contribution in [2.24, 2.45) is 0 Å². The van der Waals surface area contributed by atoms with Crippen LogP contribution in [0.15, 0.2) is 30.5 Å². The minimum atomic E-state index is -0.595. The number of thioether (sulfide) groups is 1. The van der Waals surface area contributed by atoms with E-state index in [1.165, 1.54) is 0 Å². The lowest BCUT2D eigenvalue weighted by atomic mass is 9.79. The summed E-state index contributed by atoms with van der Waals surface area (Å²) < 4.78 is 0. The summed E-state index contributed by atoms with van der Waals surface area (Å²) in [6.45, 7) is 2.71. The molecule has 0 aliphatic heterocycles. The summed E-state index contributed by atoms with van der Waals surface area (Å²) in [5.74, 6) is 1.05. The average molecular weight is 323 g/mol. The molecular weight excluding hydrogens is 304 g/mol. The number of aliphatic hydroxyl groups is 1. The van der Waals surface area contributed by atoms with E-state index in [0.717, 1.165) is 35.2 Å². The first-order valence-corrected chi connectivity index (χ1v) is 8.67. The molecule has 0 radical (unpaired) electrons. The molecule has 1 aromatic heterocycles. The van der Waals surface area contributed by atoms with E-state index in [-0.39, 0.29) is 0 Å². The van der Waals surface area contributed by atoms with E-state index in [0.29, 0.717) is 16.8 Å². The van der Waals surface area contributed by atoms with Crippen molar-refractivity contribution in [1.82, 2.24) is 4.98 Å². The third-order valence-electron chi connectivity index (χ3n) is 4.10. The first kappa shape index (κ1) is 14.9. The molecule has 0 amide bonds. The fourth-order valence-corrected chi connectivity index (χ4v) is 4.13. The van der Waals surface area contributed by atoms with E-state index in [2.05, 4.69) is 17.2 Å². The SMILES string of the molecule is CCSC1CCC1(O)CNc1ccnc2cc(Cl)ccc12. The lowest BCUT2D eigenvalue weighted by Gasteiger charge is -2.45. The highest BCUT2D eigenvalue weighted by atomic mass is 35.5. The Hall–Kier alpha value is -0.970. The predicted molar refractivity (Wildman–Crippen MR) is 91.3 cm³/mol. The zero-order valence-corrected chi connectivity index (χ0v) is 13.5. The van der Waals surface area contributed by atoms with Crippen LogP contribution < -0.4 is 5.32 Å². The molecule has 1 saturated carbocycles. The van der Waals surface area contributed by atoms with Gasteiger partial charge in [0.1, 0.15) is 0 Å². The predicted octanol–water partition coefficient (Wildman–Crippen LogP) is 3.95. The second kappa shape index (κ2) is 6.03. The Labute approximate surface area is 134 Å². The largest absolute Gasteiger partial charge is 0.387 e. The maximum Gasteiger partial charge on any atom is 0.0937 e. The molecule has 0 spiro atoms. The van der Waals surface area contributed by atoms with E-state index in [9.17, 15) is 5.11 Å². The smallest absolute Gasteiger partial charge is 0.0937 e. The maximum atomic E-state index is 10.7. The van der Waals surface area contributed by atoms with E-state index in [4.69, 9.17) is 11.6 Å². The molecule has 2 atom stereocenters. The Balaban J connectivity index is 1.77. The second-order valence-electron chi connectivity index (χ2n) is 5.46. The van der Waals surface area contributed by atoms with Crippen LogP contribution in [0.3, 0.4) is 0 Å². The number of fused-ring (bicyclic) bond motifs is 1. The normalized spacial score (nSPS) is 24.8. The topological polar surface area (TPSA) is 45.1 Å². The first-order chi connectivity index (χ1) is 10.1. The second-order valence-corrected chi connectivity index (χ2v) is 7.38. The molecule has 3 rings (SSSR count). The van der Waals surface area contributed by atoms with Crippen molar-refractivity contribution in [2.75, 3.05) is 17.6 Å². The number of halogens is 1. The van der Waals surface area contributed by atoms with Crippen LogP contribution in [0.2, 0.25) is 5.02 Å². The van der Waals surface area contributed by atoms with Gasteiger partial charge in [-0.15, -0.1) is 0 Å². The van der Waals surface area contributed by atoms with Crippen LogP contribution in [-0.4, -0.2) is 33.2 Å². The van der Waals surface area contributed by atoms with Crippen molar-refractivity contribution < 1.29 is 5.11 Å². The molecule has 2 N–H and O–H groups in total. The van der Waals surface area contributed by atoms with Gasteiger partial charge in [-0.1, -0.05) is 18.5 Å². The van der Waals surface area contributed by atoms with Crippen LogP contribution in [-0.2, 0) is 0 Å². The molecule has 1 aliphatic rings. The van der Waals surface area contributed by atoms with Crippen LogP contribution in [0.1, 0.15) is 19.8 Å². The van der Waals surface area contributed by atoms with Crippen molar-refractivity contribution in [2.45, 2.75) is 30.6 Å². The molecule has 2 aromatic rings. The number of pyridine rings is 1. The minimum Gasteiger partial charge on any atom is -0.387 e. The highest BCUT2D eigenvalue weighted by Crippen LogP contribution is 2.41. The summed E-state index contributed by atoms with van der Waals surface area (Å²) in [7, 11) is 0. The standard InChI is InChI=1S/C16H19ClN2OS/c1-2-21-15-5-7-16(15,20)10-19-13-6-8-18-14-9-11(17)3-4-12(13)14/h3-4,6,8-9,15,20H,2,5,7,10H2,1H3,(H,18,19). The van der Waals surface area contributed by atoms with Gasteiger partial charge in [-0.25, -0.2) is 0 Å². The van der Waals surface area contributed by atoms with Crippen molar-refractivity contribution in [3.05, 3.63) is 35.5 Å². The molecule has 1 fully saturated rings. The molecule has 5 heteroatoms. The molecular formula is C16H19ClN2OS. The van der Waals surface area contributed by atoms with Gasteiger partial charge in [-0.05, 0) is 42.9 Å². The molecule has 1 aliphatic carbocycles. The van der Waals surface area contributed by atoms with Crippen LogP contribution >= 0.6 is 23.4 Å². The molecule has 1 aromatic carbocycles.